The number of nitro groups is 1. The van der Waals surface area contributed by atoms with Gasteiger partial charge in [0, 0.05) is 23.1 Å². The molecule has 1 amide bonds. The topological polar surface area (TPSA) is 120 Å². The zero-order valence-corrected chi connectivity index (χ0v) is 16.9. The zero-order chi connectivity index (χ0) is 21.4. The molecule has 3 heterocycles. The molecule has 0 aliphatic carbocycles. The second-order valence-electron chi connectivity index (χ2n) is 6.66. The molecule has 0 atom stereocenters. The highest BCUT2D eigenvalue weighted by Gasteiger charge is 2.19. The van der Waals surface area contributed by atoms with Gasteiger partial charge >= 0.3 is 0 Å². The minimum atomic E-state index is -0.533. The van der Waals surface area contributed by atoms with Crippen LogP contribution in [0.3, 0.4) is 0 Å². The van der Waals surface area contributed by atoms with E-state index in [9.17, 15) is 19.7 Å². The molecule has 4 rings (SSSR count). The summed E-state index contributed by atoms with van der Waals surface area (Å²) >= 11 is 1.33. The van der Waals surface area contributed by atoms with Crippen molar-refractivity contribution in [1.29, 1.82) is 0 Å². The second kappa shape index (κ2) is 7.56. The number of non-ortho nitro benzene ring substituents is 1. The Morgan fingerprint density at radius 3 is 2.83 bits per heavy atom. The average molecular weight is 424 g/mol. The van der Waals surface area contributed by atoms with Crippen LogP contribution in [0.2, 0.25) is 0 Å². The summed E-state index contributed by atoms with van der Waals surface area (Å²) in [6.45, 7) is 3.10. The van der Waals surface area contributed by atoms with Gasteiger partial charge in [0.15, 0.2) is 0 Å². The predicted octanol–water partition coefficient (Wildman–Crippen LogP) is 3.88. The third-order valence-corrected chi connectivity index (χ3v) is 5.55. The largest absolute Gasteiger partial charge is 0.464 e. The number of rotatable bonds is 5. The van der Waals surface area contributed by atoms with Gasteiger partial charge in [-0.05, 0) is 31.5 Å². The summed E-state index contributed by atoms with van der Waals surface area (Å²) in [5.74, 6) is 0.457. The predicted molar refractivity (Wildman–Crippen MR) is 113 cm³/mol. The highest BCUT2D eigenvalue weighted by molar-refractivity contribution is 7.17. The van der Waals surface area contributed by atoms with Gasteiger partial charge in [-0.3, -0.25) is 24.3 Å². The maximum absolute atomic E-state index is 13.1. The van der Waals surface area contributed by atoms with Crippen molar-refractivity contribution < 1.29 is 14.1 Å². The molecule has 0 unspecified atom stereocenters. The van der Waals surface area contributed by atoms with Crippen molar-refractivity contribution >= 4 is 38.8 Å². The first-order chi connectivity index (χ1) is 14.3. The lowest BCUT2D eigenvalue weighted by Gasteiger charge is -2.12. The fourth-order valence-corrected chi connectivity index (χ4v) is 4.08. The van der Waals surface area contributed by atoms with Crippen molar-refractivity contribution in [1.82, 2.24) is 9.55 Å². The fraction of sp³-hybridized carbons (Fsp3) is 0.150. The number of furan rings is 1. The van der Waals surface area contributed by atoms with E-state index >= 15 is 0 Å². The second-order valence-corrected chi connectivity index (χ2v) is 7.52. The van der Waals surface area contributed by atoms with Crippen LogP contribution in [0.4, 0.5) is 11.4 Å². The molecule has 0 saturated carbocycles. The van der Waals surface area contributed by atoms with Gasteiger partial charge in [-0.1, -0.05) is 6.07 Å². The van der Waals surface area contributed by atoms with Crippen molar-refractivity contribution in [2.24, 2.45) is 0 Å². The maximum Gasteiger partial charge on any atom is 0.271 e. The van der Waals surface area contributed by atoms with Crippen LogP contribution in [-0.2, 0) is 11.3 Å². The van der Waals surface area contributed by atoms with Crippen LogP contribution >= 0.6 is 11.3 Å². The minimum Gasteiger partial charge on any atom is -0.464 e. The molecule has 9 nitrogen and oxygen atoms in total. The molecule has 1 aromatic carbocycles. The number of nitro benzene ring substituents is 1. The Labute approximate surface area is 173 Å². The van der Waals surface area contributed by atoms with Gasteiger partial charge in [0.1, 0.15) is 23.0 Å². The summed E-state index contributed by atoms with van der Waals surface area (Å²) in [6.07, 6.45) is 1.52. The lowest BCUT2D eigenvalue weighted by molar-refractivity contribution is -0.384. The van der Waals surface area contributed by atoms with Gasteiger partial charge in [0.25, 0.3) is 11.2 Å². The first-order valence-electron chi connectivity index (χ1n) is 8.92. The Morgan fingerprint density at radius 1 is 1.33 bits per heavy atom. The number of nitrogens with zero attached hydrogens (tertiary/aromatic N) is 3. The van der Waals surface area contributed by atoms with E-state index in [0.29, 0.717) is 38.6 Å². The Hall–Kier alpha value is -3.79. The van der Waals surface area contributed by atoms with E-state index in [0.717, 1.165) is 0 Å². The average Bonchev–Trinajstić information content (AvgIpc) is 3.36. The molecule has 0 aliphatic heterocycles. The van der Waals surface area contributed by atoms with Crippen LogP contribution in [0.25, 0.3) is 21.5 Å². The Morgan fingerprint density at radius 2 is 2.13 bits per heavy atom. The first-order valence-corrected chi connectivity index (χ1v) is 9.80. The molecular weight excluding hydrogens is 408 g/mol. The van der Waals surface area contributed by atoms with E-state index in [4.69, 9.17) is 4.42 Å². The van der Waals surface area contributed by atoms with E-state index < -0.39 is 10.8 Å². The number of benzene rings is 1. The zero-order valence-electron chi connectivity index (χ0n) is 16.0. The third kappa shape index (κ3) is 3.48. The molecule has 152 valence electrons. The van der Waals surface area contributed by atoms with E-state index in [1.54, 1.807) is 37.4 Å². The fourth-order valence-electron chi connectivity index (χ4n) is 3.12. The van der Waals surface area contributed by atoms with Gasteiger partial charge < -0.3 is 9.73 Å². The van der Waals surface area contributed by atoms with Gasteiger partial charge in [-0.25, -0.2) is 4.98 Å². The normalized spacial score (nSPS) is 11.0. The molecule has 0 radical (unpaired) electrons. The number of carbonyl (C=O) groups excluding carboxylic acids is 1. The van der Waals surface area contributed by atoms with Crippen LogP contribution in [0.15, 0.2) is 51.2 Å². The van der Waals surface area contributed by atoms with Crippen molar-refractivity contribution in [3.8, 4) is 11.3 Å². The monoisotopic (exact) mass is 424 g/mol. The van der Waals surface area contributed by atoms with Crippen LogP contribution in [0, 0.1) is 24.0 Å². The summed E-state index contributed by atoms with van der Waals surface area (Å²) < 4.78 is 6.69. The molecule has 4 aromatic rings. The number of anilines is 1. The molecule has 0 spiro atoms. The van der Waals surface area contributed by atoms with E-state index in [1.807, 2.05) is 0 Å². The summed E-state index contributed by atoms with van der Waals surface area (Å²) in [5, 5.41) is 15.8. The number of hydrogen-bond donors (Lipinski definition) is 1. The van der Waals surface area contributed by atoms with Gasteiger partial charge in [-0.2, -0.15) is 0 Å². The number of amides is 1. The Kier molecular flexibility index (Phi) is 4.92. The Balaban J connectivity index is 1.68. The van der Waals surface area contributed by atoms with Crippen LogP contribution in [0.5, 0.6) is 0 Å². The van der Waals surface area contributed by atoms with Crippen molar-refractivity contribution in [3.05, 3.63) is 73.8 Å². The number of aryl methyl sites for hydroxylation is 2. The highest BCUT2D eigenvalue weighted by atomic mass is 32.1. The van der Waals surface area contributed by atoms with Gasteiger partial charge in [-0.15, -0.1) is 11.3 Å². The molecule has 0 fully saturated rings. The lowest BCUT2D eigenvalue weighted by atomic mass is 10.2. The summed E-state index contributed by atoms with van der Waals surface area (Å²) in [7, 11) is 0. The summed E-state index contributed by atoms with van der Waals surface area (Å²) in [4.78, 5) is 41.2. The lowest BCUT2D eigenvalue weighted by Crippen LogP contribution is -2.30. The maximum atomic E-state index is 13.1. The summed E-state index contributed by atoms with van der Waals surface area (Å²) in [6, 6.07) is 7.69. The number of aromatic nitrogens is 2. The van der Waals surface area contributed by atoms with E-state index in [2.05, 4.69) is 10.3 Å². The number of carbonyl (C=O) groups is 1. The van der Waals surface area contributed by atoms with Crippen molar-refractivity contribution in [2.75, 3.05) is 5.32 Å². The highest BCUT2D eigenvalue weighted by Crippen LogP contribution is 2.31. The minimum absolute atomic E-state index is 0.131. The van der Waals surface area contributed by atoms with E-state index in [1.165, 1.54) is 34.3 Å². The quantitative estimate of drug-likeness (QED) is 0.383. The number of nitrogens with one attached hydrogen (secondary N) is 1. The molecule has 0 aliphatic rings. The molecule has 30 heavy (non-hydrogen) atoms. The SMILES string of the molecule is Cc1ccc([N+](=O)[O-])cc1NC(=O)Cn1c(C)nc2scc(-c3ccco3)c2c1=O. The smallest absolute Gasteiger partial charge is 0.271 e. The molecular formula is C20H16N4O5S. The molecule has 10 heteroatoms. The van der Waals surface area contributed by atoms with Crippen LogP contribution in [-0.4, -0.2) is 20.4 Å². The van der Waals surface area contributed by atoms with E-state index in [-0.39, 0.29) is 17.8 Å². The molecule has 0 saturated heterocycles. The van der Waals surface area contributed by atoms with Crippen LogP contribution < -0.4 is 10.9 Å². The van der Waals surface area contributed by atoms with Gasteiger partial charge in [0.2, 0.25) is 5.91 Å². The molecule has 0 bridgehead atoms. The number of hydrogen-bond acceptors (Lipinski definition) is 7. The standard InChI is InChI=1S/C20H16N4O5S/c1-11-5-6-13(24(27)28)8-15(11)22-17(25)9-23-12(2)21-19-18(20(23)26)14(10-30-19)16-4-3-7-29-16/h3-8,10H,9H2,1-2H3,(H,22,25). The van der Waals surface area contributed by atoms with Crippen LogP contribution in [0.1, 0.15) is 11.4 Å². The molecule has 3 aromatic heterocycles. The third-order valence-electron chi connectivity index (χ3n) is 4.68. The summed E-state index contributed by atoms with van der Waals surface area (Å²) in [5.41, 5.74) is 1.14. The number of thiophene rings is 1. The molecule has 1 N–H and O–H groups in total. The van der Waals surface area contributed by atoms with Crippen molar-refractivity contribution in [3.63, 3.8) is 0 Å². The van der Waals surface area contributed by atoms with Crippen molar-refractivity contribution in [2.45, 2.75) is 20.4 Å². The number of fused-ring (bicyclic) bond motifs is 1. The Bertz CT molecular complexity index is 1340. The van der Waals surface area contributed by atoms with Gasteiger partial charge in [0.05, 0.1) is 22.3 Å². The first kappa shape index (κ1) is 19.5.